The normalized spacial score (nSPS) is 10.9. The van der Waals surface area contributed by atoms with Crippen molar-refractivity contribution in [3.05, 3.63) is 106 Å². The van der Waals surface area contributed by atoms with Crippen molar-refractivity contribution in [1.29, 1.82) is 0 Å². The van der Waals surface area contributed by atoms with Gasteiger partial charge in [-0.1, -0.05) is 59.6 Å². The lowest BCUT2D eigenvalue weighted by atomic mass is 10.0. The molecule has 0 aliphatic carbocycles. The number of hydrogen-bond donors (Lipinski definition) is 1. The first-order valence-electron chi connectivity index (χ1n) is 10.7. The molecule has 0 heterocycles. The lowest BCUT2D eigenvalue weighted by molar-refractivity contribution is 0.0730. The SMILES string of the molecule is CCOc1cc(C=NNC(=O)c2ccc(Cl)cc2Cl)ccc1OC(=O)c1cccc2ccccc12. The van der Waals surface area contributed by atoms with E-state index < -0.39 is 11.9 Å². The van der Waals surface area contributed by atoms with Crippen LogP contribution in [0.3, 0.4) is 0 Å². The fraction of sp³-hybridized carbons (Fsp3) is 0.0741. The van der Waals surface area contributed by atoms with Crippen molar-refractivity contribution in [3.8, 4) is 11.5 Å². The van der Waals surface area contributed by atoms with Crippen LogP contribution >= 0.6 is 23.2 Å². The number of esters is 1. The number of nitrogens with zero attached hydrogens (tertiary/aromatic N) is 1. The zero-order valence-corrected chi connectivity index (χ0v) is 20.1. The Labute approximate surface area is 212 Å². The molecule has 0 unspecified atom stereocenters. The van der Waals surface area contributed by atoms with Gasteiger partial charge in [-0.05, 0) is 65.7 Å². The van der Waals surface area contributed by atoms with Crippen molar-refractivity contribution >= 4 is 52.1 Å². The van der Waals surface area contributed by atoms with Gasteiger partial charge in [-0.2, -0.15) is 5.10 Å². The molecule has 0 saturated carbocycles. The molecule has 35 heavy (non-hydrogen) atoms. The molecule has 0 aromatic heterocycles. The molecule has 4 aromatic rings. The number of ether oxygens (including phenoxy) is 2. The van der Waals surface area contributed by atoms with E-state index in [4.69, 9.17) is 32.7 Å². The van der Waals surface area contributed by atoms with Gasteiger partial charge in [0, 0.05) is 5.02 Å². The third kappa shape index (κ3) is 5.80. The summed E-state index contributed by atoms with van der Waals surface area (Å²) in [7, 11) is 0. The van der Waals surface area contributed by atoms with E-state index in [1.165, 1.54) is 18.3 Å². The summed E-state index contributed by atoms with van der Waals surface area (Å²) in [5, 5.41) is 6.38. The molecule has 0 fully saturated rings. The van der Waals surface area contributed by atoms with E-state index in [9.17, 15) is 9.59 Å². The van der Waals surface area contributed by atoms with Gasteiger partial charge in [0.2, 0.25) is 0 Å². The molecule has 0 spiro atoms. The summed E-state index contributed by atoms with van der Waals surface area (Å²) in [5.41, 5.74) is 3.75. The first kappa shape index (κ1) is 24.3. The zero-order chi connectivity index (χ0) is 24.8. The summed E-state index contributed by atoms with van der Waals surface area (Å²) in [4.78, 5) is 25.2. The molecule has 0 saturated heterocycles. The maximum Gasteiger partial charge on any atom is 0.344 e. The van der Waals surface area contributed by atoms with Gasteiger partial charge in [0.15, 0.2) is 11.5 Å². The smallest absolute Gasteiger partial charge is 0.344 e. The first-order valence-corrected chi connectivity index (χ1v) is 11.5. The number of carbonyl (C=O) groups is 2. The summed E-state index contributed by atoms with van der Waals surface area (Å²) in [6.45, 7) is 2.19. The maximum atomic E-state index is 12.9. The lowest BCUT2D eigenvalue weighted by Crippen LogP contribution is -2.18. The molecule has 8 heteroatoms. The van der Waals surface area contributed by atoms with E-state index in [1.54, 1.807) is 30.3 Å². The average Bonchev–Trinajstić information content (AvgIpc) is 2.85. The Bertz CT molecular complexity index is 1430. The quantitative estimate of drug-likeness (QED) is 0.134. The molecule has 6 nitrogen and oxygen atoms in total. The van der Waals surface area contributed by atoms with Crippen LogP contribution in [-0.2, 0) is 0 Å². The van der Waals surface area contributed by atoms with Crippen LogP contribution in [0.25, 0.3) is 10.8 Å². The Morgan fingerprint density at radius 2 is 1.71 bits per heavy atom. The second-order valence-electron chi connectivity index (χ2n) is 7.38. The van der Waals surface area contributed by atoms with E-state index in [1.807, 2.05) is 43.3 Å². The van der Waals surface area contributed by atoms with Gasteiger partial charge in [-0.15, -0.1) is 0 Å². The van der Waals surface area contributed by atoms with Crippen molar-refractivity contribution in [2.75, 3.05) is 6.61 Å². The highest BCUT2D eigenvalue weighted by Crippen LogP contribution is 2.30. The second-order valence-corrected chi connectivity index (χ2v) is 8.22. The number of rotatable bonds is 7. The van der Waals surface area contributed by atoms with Gasteiger partial charge in [0.25, 0.3) is 5.91 Å². The van der Waals surface area contributed by atoms with Crippen LogP contribution in [0, 0.1) is 0 Å². The first-order chi connectivity index (χ1) is 17.0. The number of nitrogens with one attached hydrogen (secondary N) is 1. The number of amides is 1. The average molecular weight is 507 g/mol. The highest BCUT2D eigenvalue weighted by atomic mass is 35.5. The molecule has 0 bridgehead atoms. The Kier molecular flexibility index (Phi) is 7.65. The lowest BCUT2D eigenvalue weighted by Gasteiger charge is -2.12. The fourth-order valence-corrected chi connectivity index (χ4v) is 3.91. The molecular weight excluding hydrogens is 487 g/mol. The van der Waals surface area contributed by atoms with E-state index in [2.05, 4.69) is 10.5 Å². The van der Waals surface area contributed by atoms with Gasteiger partial charge in [0.1, 0.15) is 0 Å². The summed E-state index contributed by atoms with van der Waals surface area (Å²) in [6, 6.07) is 22.6. The standard InChI is InChI=1S/C27H20Cl2N2O4/c1-2-34-25-14-17(16-30-31-26(32)22-12-11-19(28)15-23(22)29)10-13-24(25)35-27(33)21-9-5-7-18-6-3-4-8-20(18)21/h3-16H,2H2,1H3,(H,31,32). The Balaban J connectivity index is 1.50. The molecule has 0 radical (unpaired) electrons. The highest BCUT2D eigenvalue weighted by Gasteiger charge is 2.16. The van der Waals surface area contributed by atoms with Crippen LogP contribution in [0.2, 0.25) is 10.0 Å². The predicted molar refractivity (Wildman–Crippen MR) is 138 cm³/mol. The van der Waals surface area contributed by atoms with Gasteiger partial charge in [-0.25, -0.2) is 10.2 Å². The van der Waals surface area contributed by atoms with Crippen LogP contribution in [0.1, 0.15) is 33.2 Å². The fourth-order valence-electron chi connectivity index (χ4n) is 3.42. The summed E-state index contributed by atoms with van der Waals surface area (Å²) < 4.78 is 11.3. The Morgan fingerprint density at radius 1 is 0.914 bits per heavy atom. The maximum absolute atomic E-state index is 12.9. The largest absolute Gasteiger partial charge is 0.490 e. The number of hydrogen-bond acceptors (Lipinski definition) is 5. The number of fused-ring (bicyclic) bond motifs is 1. The highest BCUT2D eigenvalue weighted by molar-refractivity contribution is 6.36. The third-order valence-electron chi connectivity index (χ3n) is 5.04. The van der Waals surface area contributed by atoms with Crippen molar-refractivity contribution in [3.63, 3.8) is 0 Å². The minimum absolute atomic E-state index is 0.223. The third-order valence-corrected chi connectivity index (χ3v) is 5.58. The molecule has 4 aromatic carbocycles. The summed E-state index contributed by atoms with van der Waals surface area (Å²) >= 11 is 11.9. The molecule has 0 atom stereocenters. The predicted octanol–water partition coefficient (Wildman–Crippen LogP) is 6.53. The van der Waals surface area contributed by atoms with Crippen LogP contribution < -0.4 is 14.9 Å². The molecular formula is C27H20Cl2N2O4. The summed E-state index contributed by atoms with van der Waals surface area (Å²) in [6.07, 6.45) is 1.44. The minimum Gasteiger partial charge on any atom is -0.490 e. The van der Waals surface area contributed by atoms with Crippen LogP contribution in [0.4, 0.5) is 0 Å². The van der Waals surface area contributed by atoms with Gasteiger partial charge in [-0.3, -0.25) is 4.79 Å². The monoisotopic (exact) mass is 506 g/mol. The zero-order valence-electron chi connectivity index (χ0n) is 18.6. The van der Waals surface area contributed by atoms with Crippen LogP contribution in [0.5, 0.6) is 11.5 Å². The minimum atomic E-state index is -0.490. The van der Waals surface area contributed by atoms with E-state index in [0.717, 1.165) is 10.8 Å². The van der Waals surface area contributed by atoms with Gasteiger partial charge in [0.05, 0.1) is 29.0 Å². The van der Waals surface area contributed by atoms with Crippen molar-refractivity contribution in [1.82, 2.24) is 5.43 Å². The summed E-state index contributed by atoms with van der Waals surface area (Å²) in [5.74, 6) is -0.319. The molecule has 0 aliphatic heterocycles. The Morgan fingerprint density at radius 3 is 2.51 bits per heavy atom. The Hall–Kier alpha value is -3.87. The number of carbonyl (C=O) groups excluding carboxylic acids is 2. The number of benzene rings is 4. The van der Waals surface area contributed by atoms with Gasteiger partial charge >= 0.3 is 5.97 Å². The number of hydrazone groups is 1. The molecule has 4 rings (SSSR count). The van der Waals surface area contributed by atoms with Crippen LogP contribution in [0.15, 0.2) is 84.0 Å². The molecule has 0 aliphatic rings. The second kappa shape index (κ2) is 11.0. The van der Waals surface area contributed by atoms with Crippen molar-refractivity contribution in [2.24, 2.45) is 5.10 Å². The van der Waals surface area contributed by atoms with E-state index in [-0.39, 0.29) is 16.3 Å². The number of halogens is 2. The van der Waals surface area contributed by atoms with Gasteiger partial charge < -0.3 is 9.47 Å². The van der Waals surface area contributed by atoms with E-state index >= 15 is 0 Å². The topological polar surface area (TPSA) is 77.0 Å². The molecule has 176 valence electrons. The van der Waals surface area contributed by atoms with Crippen molar-refractivity contribution < 1.29 is 19.1 Å². The van der Waals surface area contributed by atoms with Crippen LogP contribution in [-0.4, -0.2) is 24.7 Å². The molecule has 1 N–H and O–H groups in total. The molecule has 1 amide bonds. The van der Waals surface area contributed by atoms with Crippen molar-refractivity contribution in [2.45, 2.75) is 6.92 Å². The van der Waals surface area contributed by atoms with E-state index in [0.29, 0.717) is 28.5 Å².